The summed E-state index contributed by atoms with van der Waals surface area (Å²) in [6, 6.07) is 7.02. The highest BCUT2D eigenvalue weighted by Gasteiger charge is 2.05. The van der Waals surface area contributed by atoms with E-state index in [-0.39, 0.29) is 18.4 Å². The van der Waals surface area contributed by atoms with E-state index < -0.39 is 0 Å². The molecule has 0 aliphatic rings. The summed E-state index contributed by atoms with van der Waals surface area (Å²) in [5, 5.41) is 2.84. The van der Waals surface area contributed by atoms with E-state index >= 15 is 0 Å². The van der Waals surface area contributed by atoms with Crippen molar-refractivity contribution in [2.75, 3.05) is 26.0 Å². The van der Waals surface area contributed by atoms with Gasteiger partial charge in [0.25, 0.3) is 5.91 Å². The van der Waals surface area contributed by atoms with Crippen LogP contribution in [0.1, 0.15) is 32.6 Å². The first-order valence-electron chi connectivity index (χ1n) is 7.25. The summed E-state index contributed by atoms with van der Waals surface area (Å²) < 4.78 is 5.36. The predicted octanol–water partition coefficient (Wildman–Crippen LogP) is 2.67. The molecule has 1 N–H and O–H groups in total. The standard InChI is InChI=1S/C16H24N2O3/c1-4-5-6-7-15(19)17-13-8-10-14(11-9-13)21-12-16(20)18(2)3/h8-11H,4-7,12H2,1-3H3,(H,17,19). The smallest absolute Gasteiger partial charge is 0.259 e. The topological polar surface area (TPSA) is 58.6 Å². The second-order valence-corrected chi connectivity index (χ2v) is 5.11. The van der Waals surface area contributed by atoms with Crippen LogP contribution in [0, 0.1) is 0 Å². The van der Waals surface area contributed by atoms with Crippen LogP contribution in [0.3, 0.4) is 0 Å². The predicted molar refractivity (Wildman–Crippen MR) is 83.4 cm³/mol. The van der Waals surface area contributed by atoms with Gasteiger partial charge in [-0.25, -0.2) is 0 Å². The van der Waals surface area contributed by atoms with E-state index in [1.165, 1.54) is 4.90 Å². The lowest BCUT2D eigenvalue weighted by Gasteiger charge is -2.11. The van der Waals surface area contributed by atoms with Crippen LogP contribution in [-0.2, 0) is 9.59 Å². The van der Waals surface area contributed by atoms with E-state index in [1.807, 2.05) is 0 Å². The van der Waals surface area contributed by atoms with Crippen molar-refractivity contribution >= 4 is 17.5 Å². The second-order valence-electron chi connectivity index (χ2n) is 5.11. The molecule has 1 aromatic carbocycles. The Hall–Kier alpha value is -2.04. The molecule has 0 saturated heterocycles. The average molecular weight is 292 g/mol. The molecule has 0 aliphatic carbocycles. The largest absolute Gasteiger partial charge is 0.484 e. The van der Waals surface area contributed by atoms with Crippen LogP contribution in [0.15, 0.2) is 24.3 Å². The number of amides is 2. The Morgan fingerprint density at radius 1 is 1.14 bits per heavy atom. The highest BCUT2D eigenvalue weighted by Crippen LogP contribution is 2.16. The average Bonchev–Trinajstić information content (AvgIpc) is 2.46. The molecule has 0 bridgehead atoms. The number of ether oxygens (including phenoxy) is 1. The van der Waals surface area contributed by atoms with Crippen LogP contribution in [0.5, 0.6) is 5.75 Å². The number of rotatable bonds is 8. The van der Waals surface area contributed by atoms with E-state index in [0.717, 1.165) is 24.9 Å². The van der Waals surface area contributed by atoms with Crippen molar-refractivity contribution in [3.63, 3.8) is 0 Å². The Labute approximate surface area is 126 Å². The second kappa shape index (κ2) is 9.00. The van der Waals surface area contributed by atoms with Gasteiger partial charge in [-0.1, -0.05) is 19.8 Å². The minimum atomic E-state index is -0.0942. The highest BCUT2D eigenvalue weighted by atomic mass is 16.5. The summed E-state index contributed by atoms with van der Waals surface area (Å²) >= 11 is 0. The van der Waals surface area contributed by atoms with Gasteiger partial charge in [-0.15, -0.1) is 0 Å². The molecule has 21 heavy (non-hydrogen) atoms. The highest BCUT2D eigenvalue weighted by molar-refractivity contribution is 5.90. The molecule has 116 valence electrons. The molecule has 0 aliphatic heterocycles. The number of likely N-dealkylation sites (N-methyl/N-ethyl adjacent to an activating group) is 1. The van der Waals surface area contributed by atoms with E-state index in [0.29, 0.717) is 12.2 Å². The van der Waals surface area contributed by atoms with Crippen LogP contribution in [-0.4, -0.2) is 37.4 Å². The molecular formula is C16H24N2O3. The van der Waals surface area contributed by atoms with Crippen molar-refractivity contribution in [2.45, 2.75) is 32.6 Å². The molecule has 0 unspecified atom stereocenters. The van der Waals surface area contributed by atoms with Crippen molar-refractivity contribution < 1.29 is 14.3 Å². The summed E-state index contributed by atoms with van der Waals surface area (Å²) in [6.07, 6.45) is 3.63. The SMILES string of the molecule is CCCCCC(=O)Nc1ccc(OCC(=O)N(C)C)cc1. The first-order chi connectivity index (χ1) is 10.0. The molecule has 0 saturated carbocycles. The molecule has 0 aromatic heterocycles. The molecule has 0 heterocycles. The van der Waals surface area contributed by atoms with Gasteiger partial charge in [0.2, 0.25) is 5.91 Å². The zero-order valence-corrected chi connectivity index (χ0v) is 13.0. The van der Waals surface area contributed by atoms with Crippen molar-refractivity contribution in [1.82, 2.24) is 4.90 Å². The van der Waals surface area contributed by atoms with Gasteiger partial charge in [0.05, 0.1) is 0 Å². The molecular weight excluding hydrogens is 268 g/mol. The Morgan fingerprint density at radius 2 is 1.81 bits per heavy atom. The summed E-state index contributed by atoms with van der Waals surface area (Å²) in [5.74, 6) is 0.539. The molecule has 0 spiro atoms. The fourth-order valence-corrected chi connectivity index (χ4v) is 1.67. The Morgan fingerprint density at radius 3 is 2.38 bits per heavy atom. The lowest BCUT2D eigenvalue weighted by atomic mass is 10.2. The van der Waals surface area contributed by atoms with Crippen molar-refractivity contribution in [2.24, 2.45) is 0 Å². The minimum Gasteiger partial charge on any atom is -0.484 e. The van der Waals surface area contributed by atoms with Crippen molar-refractivity contribution in [3.05, 3.63) is 24.3 Å². The third-order valence-electron chi connectivity index (χ3n) is 3.01. The lowest BCUT2D eigenvalue weighted by molar-refractivity contribution is -0.130. The number of carbonyl (C=O) groups excluding carboxylic acids is 2. The van der Waals surface area contributed by atoms with Gasteiger partial charge in [-0.05, 0) is 30.7 Å². The monoisotopic (exact) mass is 292 g/mol. The van der Waals surface area contributed by atoms with Crippen LogP contribution >= 0.6 is 0 Å². The first-order valence-corrected chi connectivity index (χ1v) is 7.25. The summed E-state index contributed by atoms with van der Waals surface area (Å²) in [5.41, 5.74) is 0.739. The molecule has 1 rings (SSSR count). The fraction of sp³-hybridized carbons (Fsp3) is 0.500. The molecule has 0 atom stereocenters. The molecule has 1 aromatic rings. The Kier molecular flexibility index (Phi) is 7.29. The maximum atomic E-state index is 11.7. The zero-order chi connectivity index (χ0) is 15.7. The summed E-state index contributed by atoms with van der Waals surface area (Å²) in [4.78, 5) is 24.5. The van der Waals surface area contributed by atoms with E-state index in [1.54, 1.807) is 38.4 Å². The number of carbonyl (C=O) groups is 2. The molecule has 2 amide bonds. The molecule has 5 nitrogen and oxygen atoms in total. The van der Waals surface area contributed by atoms with Crippen LogP contribution in [0.25, 0.3) is 0 Å². The zero-order valence-electron chi connectivity index (χ0n) is 13.0. The number of hydrogen-bond donors (Lipinski definition) is 1. The van der Waals surface area contributed by atoms with Gasteiger partial charge in [-0.2, -0.15) is 0 Å². The van der Waals surface area contributed by atoms with Crippen molar-refractivity contribution in [3.8, 4) is 5.75 Å². The van der Waals surface area contributed by atoms with Gasteiger partial charge in [0.1, 0.15) is 5.75 Å². The number of nitrogens with zero attached hydrogens (tertiary/aromatic N) is 1. The van der Waals surface area contributed by atoms with Crippen molar-refractivity contribution in [1.29, 1.82) is 0 Å². The number of nitrogens with one attached hydrogen (secondary N) is 1. The fourth-order valence-electron chi connectivity index (χ4n) is 1.67. The quantitative estimate of drug-likeness (QED) is 0.749. The Balaban J connectivity index is 2.39. The molecule has 0 radical (unpaired) electrons. The summed E-state index contributed by atoms with van der Waals surface area (Å²) in [7, 11) is 3.37. The maximum Gasteiger partial charge on any atom is 0.259 e. The van der Waals surface area contributed by atoms with E-state index in [2.05, 4.69) is 12.2 Å². The number of benzene rings is 1. The molecule has 5 heteroatoms. The number of unbranched alkanes of at least 4 members (excludes halogenated alkanes) is 2. The lowest BCUT2D eigenvalue weighted by Crippen LogP contribution is -2.27. The first kappa shape index (κ1) is 17.0. The van der Waals surface area contributed by atoms with Gasteiger partial charge >= 0.3 is 0 Å². The maximum absolute atomic E-state index is 11.7. The van der Waals surface area contributed by atoms with Gasteiger partial charge in [0.15, 0.2) is 6.61 Å². The van der Waals surface area contributed by atoms with Crippen LogP contribution < -0.4 is 10.1 Å². The van der Waals surface area contributed by atoms with Crippen LogP contribution in [0.2, 0.25) is 0 Å². The normalized spacial score (nSPS) is 10.0. The number of anilines is 1. The van der Waals surface area contributed by atoms with Crippen LogP contribution in [0.4, 0.5) is 5.69 Å². The van der Waals surface area contributed by atoms with Gasteiger partial charge in [0, 0.05) is 26.2 Å². The number of hydrogen-bond acceptors (Lipinski definition) is 3. The third kappa shape index (κ3) is 6.79. The molecule has 0 fully saturated rings. The van der Waals surface area contributed by atoms with E-state index in [4.69, 9.17) is 4.74 Å². The van der Waals surface area contributed by atoms with E-state index in [9.17, 15) is 9.59 Å². The minimum absolute atomic E-state index is 0.00965. The third-order valence-corrected chi connectivity index (χ3v) is 3.01. The van der Waals surface area contributed by atoms with Gasteiger partial charge < -0.3 is 15.0 Å². The summed E-state index contributed by atoms with van der Waals surface area (Å²) in [6.45, 7) is 2.12. The van der Waals surface area contributed by atoms with Gasteiger partial charge in [-0.3, -0.25) is 9.59 Å². The Bertz CT molecular complexity index is 455.